The minimum absolute atomic E-state index is 0.174. The Labute approximate surface area is 130 Å². The van der Waals surface area contributed by atoms with Crippen molar-refractivity contribution in [3.8, 4) is 17.2 Å². The van der Waals surface area contributed by atoms with Crippen molar-refractivity contribution < 1.29 is 19.0 Å². The van der Waals surface area contributed by atoms with Gasteiger partial charge in [0, 0.05) is 0 Å². The molecule has 2 rings (SSSR count). The quantitative estimate of drug-likeness (QED) is 0.625. The maximum absolute atomic E-state index is 12.0. The average Bonchev–Trinajstić information content (AvgIpc) is 2.50. The fourth-order valence-electron chi connectivity index (χ4n) is 2.13. The number of aryl methyl sites for hydroxylation is 2. The first-order valence-corrected chi connectivity index (χ1v) is 7.05. The highest BCUT2D eigenvalue weighted by atomic mass is 16.6. The number of ether oxygens (including phenoxy) is 3. The van der Waals surface area contributed by atoms with Gasteiger partial charge in [0.25, 0.3) is 0 Å². The van der Waals surface area contributed by atoms with Crippen molar-refractivity contribution in [2.75, 3.05) is 13.7 Å². The SMILES string of the molecule is COc1ccccc1OCC(=O)Oc1cc(C)cc(C)c1C. The summed E-state index contributed by atoms with van der Waals surface area (Å²) >= 11 is 0. The largest absolute Gasteiger partial charge is 0.493 e. The Balaban J connectivity index is 2.02. The van der Waals surface area contributed by atoms with Gasteiger partial charge in [-0.15, -0.1) is 0 Å². The van der Waals surface area contributed by atoms with Crippen LogP contribution in [-0.4, -0.2) is 19.7 Å². The highest BCUT2D eigenvalue weighted by molar-refractivity contribution is 5.74. The van der Waals surface area contributed by atoms with Crippen molar-refractivity contribution in [3.05, 3.63) is 53.1 Å². The Morgan fingerprint density at radius 2 is 1.68 bits per heavy atom. The third kappa shape index (κ3) is 3.79. The molecule has 0 saturated carbocycles. The molecule has 116 valence electrons. The number of esters is 1. The minimum atomic E-state index is -0.445. The predicted octanol–water partition coefficient (Wildman–Crippen LogP) is 3.60. The molecular weight excluding hydrogens is 280 g/mol. The van der Waals surface area contributed by atoms with E-state index in [9.17, 15) is 4.79 Å². The van der Waals surface area contributed by atoms with Gasteiger partial charge < -0.3 is 14.2 Å². The summed E-state index contributed by atoms with van der Waals surface area (Å²) in [6.45, 7) is 5.71. The summed E-state index contributed by atoms with van der Waals surface area (Å²) in [5.74, 6) is 1.22. The fourth-order valence-corrected chi connectivity index (χ4v) is 2.13. The Morgan fingerprint density at radius 3 is 2.36 bits per heavy atom. The van der Waals surface area contributed by atoms with Crippen molar-refractivity contribution in [2.45, 2.75) is 20.8 Å². The molecule has 0 radical (unpaired) electrons. The number of benzene rings is 2. The van der Waals surface area contributed by atoms with E-state index in [-0.39, 0.29) is 6.61 Å². The van der Waals surface area contributed by atoms with Crippen LogP contribution in [0.3, 0.4) is 0 Å². The average molecular weight is 300 g/mol. The molecule has 0 bridgehead atoms. The molecular formula is C18H20O4. The first-order chi connectivity index (χ1) is 10.5. The fraction of sp³-hybridized carbons (Fsp3) is 0.278. The monoisotopic (exact) mass is 300 g/mol. The lowest BCUT2D eigenvalue weighted by atomic mass is 10.1. The summed E-state index contributed by atoms with van der Waals surface area (Å²) in [6.07, 6.45) is 0. The van der Waals surface area contributed by atoms with Crippen LogP contribution in [0.2, 0.25) is 0 Å². The molecule has 0 aliphatic rings. The van der Waals surface area contributed by atoms with Gasteiger partial charge in [-0.1, -0.05) is 18.2 Å². The van der Waals surface area contributed by atoms with Gasteiger partial charge in [0.1, 0.15) is 5.75 Å². The van der Waals surface area contributed by atoms with Crippen LogP contribution in [0.25, 0.3) is 0 Å². The molecule has 0 spiro atoms. The van der Waals surface area contributed by atoms with Crippen LogP contribution in [0, 0.1) is 20.8 Å². The van der Waals surface area contributed by atoms with E-state index in [4.69, 9.17) is 14.2 Å². The standard InChI is InChI=1S/C18H20O4/c1-12-9-13(2)14(3)17(10-12)22-18(19)11-21-16-8-6-5-7-15(16)20-4/h5-10H,11H2,1-4H3. The van der Waals surface area contributed by atoms with Gasteiger partial charge >= 0.3 is 5.97 Å². The predicted molar refractivity (Wildman–Crippen MR) is 84.8 cm³/mol. The number of rotatable bonds is 5. The first kappa shape index (κ1) is 15.9. The van der Waals surface area contributed by atoms with Gasteiger partial charge in [-0.3, -0.25) is 0 Å². The summed E-state index contributed by atoms with van der Waals surface area (Å²) in [6, 6.07) is 11.1. The molecule has 22 heavy (non-hydrogen) atoms. The topological polar surface area (TPSA) is 44.8 Å². The molecule has 4 nitrogen and oxygen atoms in total. The lowest BCUT2D eigenvalue weighted by Crippen LogP contribution is -2.18. The zero-order chi connectivity index (χ0) is 16.1. The van der Waals surface area contributed by atoms with E-state index in [0.717, 1.165) is 16.7 Å². The van der Waals surface area contributed by atoms with E-state index in [2.05, 4.69) is 6.07 Å². The van der Waals surface area contributed by atoms with Crippen molar-refractivity contribution in [2.24, 2.45) is 0 Å². The van der Waals surface area contributed by atoms with Gasteiger partial charge in [0.05, 0.1) is 7.11 Å². The van der Waals surface area contributed by atoms with E-state index < -0.39 is 5.97 Å². The third-order valence-electron chi connectivity index (χ3n) is 3.40. The number of para-hydroxylation sites is 2. The van der Waals surface area contributed by atoms with Crippen molar-refractivity contribution >= 4 is 5.97 Å². The normalized spacial score (nSPS) is 10.2. The molecule has 0 aromatic heterocycles. The number of carbonyl (C=O) groups excluding carboxylic acids is 1. The zero-order valence-corrected chi connectivity index (χ0v) is 13.3. The molecule has 4 heteroatoms. The molecule has 2 aromatic rings. The molecule has 0 aliphatic heterocycles. The second kappa shape index (κ2) is 6.98. The van der Waals surface area contributed by atoms with Gasteiger partial charge in [-0.25, -0.2) is 4.79 Å². The smallest absolute Gasteiger partial charge is 0.349 e. The van der Waals surface area contributed by atoms with E-state index in [0.29, 0.717) is 17.2 Å². The molecule has 0 N–H and O–H groups in total. The lowest BCUT2D eigenvalue weighted by Gasteiger charge is -2.12. The van der Waals surface area contributed by atoms with Crippen LogP contribution >= 0.6 is 0 Å². The summed E-state index contributed by atoms with van der Waals surface area (Å²) in [5, 5.41) is 0. The Morgan fingerprint density at radius 1 is 1.00 bits per heavy atom. The number of hydrogen-bond acceptors (Lipinski definition) is 4. The molecule has 0 heterocycles. The van der Waals surface area contributed by atoms with Crippen molar-refractivity contribution in [1.29, 1.82) is 0 Å². The van der Waals surface area contributed by atoms with Crippen LogP contribution in [0.15, 0.2) is 36.4 Å². The number of carbonyl (C=O) groups is 1. The Bertz CT molecular complexity index is 677. The van der Waals surface area contributed by atoms with Gasteiger partial charge in [-0.2, -0.15) is 0 Å². The molecule has 0 amide bonds. The van der Waals surface area contributed by atoms with Gasteiger partial charge in [0.2, 0.25) is 0 Å². The van der Waals surface area contributed by atoms with Crippen LogP contribution in [0.5, 0.6) is 17.2 Å². The lowest BCUT2D eigenvalue weighted by molar-refractivity contribution is -0.136. The third-order valence-corrected chi connectivity index (χ3v) is 3.40. The van der Waals surface area contributed by atoms with Crippen LogP contribution in [0.1, 0.15) is 16.7 Å². The molecule has 0 fully saturated rings. The van der Waals surface area contributed by atoms with Gasteiger partial charge in [-0.05, 0) is 55.7 Å². The van der Waals surface area contributed by atoms with E-state index >= 15 is 0 Å². The summed E-state index contributed by atoms with van der Waals surface area (Å²) in [4.78, 5) is 12.0. The van der Waals surface area contributed by atoms with Crippen LogP contribution in [0.4, 0.5) is 0 Å². The van der Waals surface area contributed by atoms with Gasteiger partial charge in [0.15, 0.2) is 18.1 Å². The second-order valence-electron chi connectivity index (χ2n) is 5.12. The maximum Gasteiger partial charge on any atom is 0.349 e. The van der Waals surface area contributed by atoms with Crippen LogP contribution in [-0.2, 0) is 4.79 Å². The highest BCUT2D eigenvalue weighted by Gasteiger charge is 2.12. The second-order valence-corrected chi connectivity index (χ2v) is 5.12. The molecule has 0 unspecified atom stereocenters. The highest BCUT2D eigenvalue weighted by Crippen LogP contribution is 2.26. The van der Waals surface area contributed by atoms with Crippen molar-refractivity contribution in [1.82, 2.24) is 0 Å². The van der Waals surface area contributed by atoms with E-state index in [1.807, 2.05) is 39.0 Å². The summed E-state index contributed by atoms with van der Waals surface area (Å²) < 4.78 is 16.0. The molecule has 2 aromatic carbocycles. The summed E-state index contributed by atoms with van der Waals surface area (Å²) in [5.41, 5.74) is 3.10. The summed E-state index contributed by atoms with van der Waals surface area (Å²) in [7, 11) is 1.55. The maximum atomic E-state index is 12.0. The molecule has 0 atom stereocenters. The Kier molecular flexibility index (Phi) is 5.04. The molecule has 0 aliphatic carbocycles. The zero-order valence-electron chi connectivity index (χ0n) is 13.3. The first-order valence-electron chi connectivity index (χ1n) is 7.05. The minimum Gasteiger partial charge on any atom is -0.493 e. The number of hydrogen-bond donors (Lipinski definition) is 0. The van der Waals surface area contributed by atoms with Crippen LogP contribution < -0.4 is 14.2 Å². The number of methoxy groups -OCH3 is 1. The van der Waals surface area contributed by atoms with E-state index in [1.54, 1.807) is 19.2 Å². The van der Waals surface area contributed by atoms with Crippen molar-refractivity contribution in [3.63, 3.8) is 0 Å². The Hall–Kier alpha value is -2.49. The van der Waals surface area contributed by atoms with E-state index in [1.165, 1.54) is 0 Å². The molecule has 0 saturated heterocycles.